The Hall–Kier alpha value is -4.71. The van der Waals surface area contributed by atoms with Gasteiger partial charge in [-0.15, -0.1) is 0 Å². The molecule has 2 fully saturated rings. The summed E-state index contributed by atoms with van der Waals surface area (Å²) in [6, 6.07) is 11.3. The fraction of sp³-hybridized carbons (Fsp3) is 0.375. The highest BCUT2D eigenvalue weighted by molar-refractivity contribution is 6.39. The molecule has 46 heavy (non-hydrogen) atoms. The van der Waals surface area contributed by atoms with Crippen molar-refractivity contribution in [3.63, 3.8) is 0 Å². The predicted octanol–water partition coefficient (Wildman–Crippen LogP) is 1.54. The minimum atomic E-state index is -1.33. The number of likely N-dealkylation sites (tertiary alicyclic amines) is 1. The van der Waals surface area contributed by atoms with Gasteiger partial charge in [0, 0.05) is 56.1 Å². The molecule has 7 N–H and O–H groups in total. The van der Waals surface area contributed by atoms with Crippen molar-refractivity contribution in [2.45, 2.75) is 49.6 Å². The normalized spacial score (nSPS) is 19.0. The SMILES string of the molecule is [B]C([B])(c1cccc(C=O)n1)N1CC(n2ncc3c2C(CC)N(C)c2c(NC(/C=C(\N)NC)=C(/N)C(=O)NC4CC4)cccc2-3)C1. The first-order valence-corrected chi connectivity index (χ1v) is 15.5. The molecule has 1 aromatic carbocycles. The first-order chi connectivity index (χ1) is 22.1. The lowest BCUT2D eigenvalue weighted by Gasteiger charge is -2.50. The van der Waals surface area contributed by atoms with Gasteiger partial charge in [0.2, 0.25) is 0 Å². The molecule has 0 spiro atoms. The van der Waals surface area contributed by atoms with E-state index >= 15 is 0 Å². The number of fused-ring (bicyclic) bond motifs is 3. The van der Waals surface area contributed by atoms with Crippen LogP contribution in [0, 0.1) is 0 Å². The molecule has 3 aliphatic rings. The zero-order valence-electron chi connectivity index (χ0n) is 26.3. The second-order valence-corrected chi connectivity index (χ2v) is 12.1. The molecule has 2 aromatic heterocycles. The third-order valence-electron chi connectivity index (χ3n) is 9.02. The average molecular weight is 616 g/mol. The standard InChI is InChI=1S/C32H38B2N10O2/c1-4-25-30-22(14-38-44(30)20-15-43(16-20)32(33,34)26-10-5-7-19(17-45)39-26)21-8-6-9-23(29(21)42(25)3)41-24(13-27(35)37-2)28(36)31(46)40-18-11-12-18/h5-10,13-14,17-18,20,25,37,41H,4,11-12,15-16,35-36H2,1-3H3,(H,40,46)/b27-13+,28-24+. The predicted molar refractivity (Wildman–Crippen MR) is 180 cm³/mol. The molecule has 1 aliphatic carbocycles. The van der Waals surface area contributed by atoms with E-state index < -0.39 is 5.34 Å². The van der Waals surface area contributed by atoms with Gasteiger partial charge < -0.3 is 37.2 Å². The highest BCUT2D eigenvalue weighted by Crippen LogP contribution is 2.50. The number of rotatable bonds is 11. The monoisotopic (exact) mass is 616 g/mol. The fourth-order valence-corrected chi connectivity index (χ4v) is 6.23. The van der Waals surface area contributed by atoms with Crippen molar-refractivity contribution in [2.75, 3.05) is 37.4 Å². The molecule has 2 aliphatic heterocycles. The van der Waals surface area contributed by atoms with Crippen LogP contribution in [0.1, 0.15) is 60.1 Å². The molecule has 1 atom stereocenters. The Morgan fingerprint density at radius 2 is 1.87 bits per heavy atom. The lowest BCUT2D eigenvalue weighted by atomic mass is 9.57. The van der Waals surface area contributed by atoms with E-state index in [0.29, 0.717) is 36.6 Å². The number of hydrogen-bond acceptors (Lipinski definition) is 10. The molecule has 6 rings (SSSR count). The number of aldehydes is 1. The van der Waals surface area contributed by atoms with Gasteiger partial charge in [0.15, 0.2) is 6.29 Å². The van der Waals surface area contributed by atoms with Crippen LogP contribution in [0.5, 0.6) is 0 Å². The Morgan fingerprint density at radius 3 is 2.54 bits per heavy atom. The summed E-state index contributed by atoms with van der Waals surface area (Å²) in [5.74, 6) is 0.0256. The first kappa shape index (κ1) is 31.3. The molecular formula is C32H38B2N10O2. The quantitative estimate of drug-likeness (QED) is 0.0926. The van der Waals surface area contributed by atoms with Crippen molar-refractivity contribution in [3.05, 3.63) is 83.0 Å². The summed E-state index contributed by atoms with van der Waals surface area (Å²) in [7, 11) is 16.9. The number of nitrogens with two attached hydrogens (primary N) is 2. The molecule has 3 aromatic rings. The van der Waals surface area contributed by atoms with Crippen molar-refractivity contribution < 1.29 is 9.59 Å². The lowest BCUT2D eigenvalue weighted by Crippen LogP contribution is -2.60. The number of nitrogens with zero attached hydrogens (tertiary/aromatic N) is 5. The molecule has 14 heteroatoms. The van der Waals surface area contributed by atoms with E-state index in [2.05, 4.69) is 50.6 Å². The summed E-state index contributed by atoms with van der Waals surface area (Å²) in [5, 5.41) is 12.8. The van der Waals surface area contributed by atoms with E-state index in [9.17, 15) is 9.59 Å². The number of allylic oxidation sites excluding steroid dienone is 1. The zero-order chi connectivity index (χ0) is 32.7. The van der Waals surface area contributed by atoms with Crippen LogP contribution in [0.3, 0.4) is 0 Å². The van der Waals surface area contributed by atoms with Crippen LogP contribution in [-0.4, -0.2) is 80.8 Å². The zero-order valence-corrected chi connectivity index (χ0v) is 26.3. The number of amides is 1. The highest BCUT2D eigenvalue weighted by Gasteiger charge is 2.42. The highest BCUT2D eigenvalue weighted by atomic mass is 16.2. The van der Waals surface area contributed by atoms with E-state index in [1.54, 1.807) is 31.3 Å². The number of nitrogens with one attached hydrogen (secondary N) is 3. The molecule has 4 radical (unpaired) electrons. The Balaban J connectivity index is 1.31. The van der Waals surface area contributed by atoms with Gasteiger partial charge in [0.05, 0.1) is 62.6 Å². The molecule has 234 valence electrons. The summed E-state index contributed by atoms with van der Waals surface area (Å²) in [6.07, 6.45) is 6.95. The minimum absolute atomic E-state index is 0.00862. The topological polar surface area (TPSA) is 159 Å². The van der Waals surface area contributed by atoms with Crippen LogP contribution in [0.2, 0.25) is 0 Å². The summed E-state index contributed by atoms with van der Waals surface area (Å²) in [6.45, 7) is 3.28. The van der Waals surface area contributed by atoms with Gasteiger partial charge in [-0.3, -0.25) is 14.3 Å². The van der Waals surface area contributed by atoms with Crippen molar-refractivity contribution in [3.8, 4) is 11.1 Å². The third kappa shape index (κ3) is 5.61. The second-order valence-electron chi connectivity index (χ2n) is 12.1. The van der Waals surface area contributed by atoms with Crippen LogP contribution in [0.25, 0.3) is 11.1 Å². The Kier molecular flexibility index (Phi) is 8.32. The van der Waals surface area contributed by atoms with Gasteiger partial charge >= 0.3 is 0 Å². The largest absolute Gasteiger partial charge is 0.393 e. The number of carbonyl (C=O) groups is 2. The molecule has 12 nitrogen and oxygen atoms in total. The number of benzene rings is 1. The maximum atomic E-state index is 12.9. The van der Waals surface area contributed by atoms with E-state index in [-0.39, 0.29) is 35.4 Å². The Labute approximate surface area is 271 Å². The molecule has 1 unspecified atom stereocenters. The summed E-state index contributed by atoms with van der Waals surface area (Å²) in [5.41, 5.74) is 18.6. The maximum Gasteiger partial charge on any atom is 0.269 e. The number of anilines is 2. The molecule has 1 saturated heterocycles. The van der Waals surface area contributed by atoms with Gasteiger partial charge in [0.25, 0.3) is 5.91 Å². The number of carbonyl (C=O) groups excluding carboxylic acids is 2. The van der Waals surface area contributed by atoms with Crippen LogP contribution in [0.15, 0.2) is 65.9 Å². The van der Waals surface area contributed by atoms with Gasteiger partial charge in [-0.2, -0.15) is 5.10 Å². The van der Waals surface area contributed by atoms with Crippen LogP contribution in [0.4, 0.5) is 11.4 Å². The fourth-order valence-electron chi connectivity index (χ4n) is 6.23. The van der Waals surface area contributed by atoms with Gasteiger partial charge in [-0.05, 0) is 42.8 Å². The summed E-state index contributed by atoms with van der Waals surface area (Å²) < 4.78 is 2.09. The molecule has 1 amide bonds. The van der Waals surface area contributed by atoms with E-state index in [0.717, 1.165) is 47.5 Å². The lowest BCUT2D eigenvalue weighted by molar-refractivity contribution is -0.117. The van der Waals surface area contributed by atoms with E-state index in [1.807, 2.05) is 23.2 Å². The van der Waals surface area contributed by atoms with Crippen molar-refractivity contribution in [1.29, 1.82) is 0 Å². The van der Waals surface area contributed by atoms with Crippen LogP contribution in [-0.2, 0) is 10.1 Å². The van der Waals surface area contributed by atoms with Gasteiger partial charge in [0.1, 0.15) is 11.4 Å². The minimum Gasteiger partial charge on any atom is -0.393 e. The summed E-state index contributed by atoms with van der Waals surface area (Å²) >= 11 is 0. The van der Waals surface area contributed by atoms with Crippen molar-refractivity contribution in [1.82, 2.24) is 30.3 Å². The molecule has 4 heterocycles. The third-order valence-corrected chi connectivity index (χ3v) is 9.02. The van der Waals surface area contributed by atoms with Crippen molar-refractivity contribution in [2.24, 2.45) is 11.5 Å². The number of pyridine rings is 1. The number of para-hydroxylation sites is 1. The smallest absolute Gasteiger partial charge is 0.269 e. The molecular weight excluding hydrogens is 578 g/mol. The van der Waals surface area contributed by atoms with E-state index in [1.165, 1.54) is 0 Å². The summed E-state index contributed by atoms with van der Waals surface area (Å²) in [4.78, 5) is 32.7. The van der Waals surface area contributed by atoms with Crippen LogP contribution >= 0.6 is 0 Å². The van der Waals surface area contributed by atoms with Gasteiger partial charge in [-0.1, -0.05) is 25.1 Å². The Bertz CT molecular complexity index is 1730. The second kappa shape index (κ2) is 12.2. The van der Waals surface area contributed by atoms with Crippen LogP contribution < -0.4 is 32.3 Å². The molecule has 1 saturated carbocycles. The Morgan fingerprint density at radius 1 is 1.13 bits per heavy atom. The number of aromatic nitrogens is 3. The van der Waals surface area contributed by atoms with Gasteiger partial charge in [-0.25, -0.2) is 4.98 Å². The first-order valence-electron chi connectivity index (χ1n) is 15.5. The van der Waals surface area contributed by atoms with E-state index in [4.69, 9.17) is 32.3 Å². The maximum absolute atomic E-state index is 12.9. The molecule has 0 bridgehead atoms. The average Bonchev–Trinajstić information content (AvgIpc) is 3.75. The number of hydrogen-bond donors (Lipinski definition) is 5. The van der Waals surface area contributed by atoms with Crippen molar-refractivity contribution >= 4 is 39.3 Å².